The van der Waals surface area contributed by atoms with Gasteiger partial charge in [-0.2, -0.15) is 0 Å². The Morgan fingerprint density at radius 1 is 1.57 bits per heavy atom. The number of nitrogens with one attached hydrogen (secondary N) is 1. The van der Waals surface area contributed by atoms with Crippen LogP contribution in [0.4, 0.5) is 0 Å². The molecule has 2 heterocycles. The molecule has 2 rings (SSSR count). The van der Waals surface area contributed by atoms with Gasteiger partial charge in [0.05, 0.1) is 11.0 Å². The summed E-state index contributed by atoms with van der Waals surface area (Å²) in [4.78, 5) is 0.344. The van der Waals surface area contributed by atoms with Crippen LogP contribution in [0.15, 0.2) is 0 Å². The van der Waals surface area contributed by atoms with Gasteiger partial charge in [-0.15, -0.1) is 11.8 Å². The summed E-state index contributed by atoms with van der Waals surface area (Å²) in [6.07, 6.45) is 5.31. The lowest BCUT2D eigenvalue weighted by molar-refractivity contribution is -0.0103. The Morgan fingerprint density at radius 3 is 3.14 bits per heavy atom. The Morgan fingerprint density at radius 2 is 2.43 bits per heavy atom. The van der Waals surface area contributed by atoms with E-state index in [4.69, 9.17) is 4.74 Å². The summed E-state index contributed by atoms with van der Waals surface area (Å²) in [5.74, 6) is 1.31. The number of hydrogen-bond acceptors (Lipinski definition) is 3. The van der Waals surface area contributed by atoms with Gasteiger partial charge in [0.2, 0.25) is 0 Å². The van der Waals surface area contributed by atoms with Gasteiger partial charge in [-0.25, -0.2) is 0 Å². The minimum Gasteiger partial charge on any atom is -0.378 e. The molecular weight excluding hydrogens is 194 g/mol. The van der Waals surface area contributed by atoms with Crippen LogP contribution in [0.5, 0.6) is 0 Å². The molecule has 3 atom stereocenters. The molecule has 3 unspecified atom stereocenters. The predicted octanol–water partition coefficient (Wildman–Crippen LogP) is 2.39. The minimum absolute atomic E-state index is 0.344. The summed E-state index contributed by atoms with van der Waals surface area (Å²) >= 11 is 2.12. The van der Waals surface area contributed by atoms with Gasteiger partial charge in [0, 0.05) is 19.1 Å². The number of thioether (sulfide) groups is 1. The van der Waals surface area contributed by atoms with E-state index in [1.165, 1.54) is 25.0 Å². The molecule has 0 saturated carbocycles. The van der Waals surface area contributed by atoms with Gasteiger partial charge in [-0.1, -0.05) is 6.92 Å². The lowest BCUT2D eigenvalue weighted by atomic mass is 9.99. The highest BCUT2D eigenvalue weighted by Gasteiger charge is 2.39. The molecule has 0 aliphatic carbocycles. The molecule has 2 aliphatic rings. The third-order valence-corrected chi connectivity index (χ3v) is 4.79. The SMILES string of the molecule is CCC1CC2(CCO1)NC(C)CCS2. The monoisotopic (exact) mass is 215 g/mol. The zero-order valence-corrected chi connectivity index (χ0v) is 10.0. The Labute approximate surface area is 91.2 Å². The first-order valence-corrected chi connectivity index (χ1v) is 6.76. The van der Waals surface area contributed by atoms with Crippen LogP contribution in [-0.4, -0.2) is 29.4 Å². The highest BCUT2D eigenvalue weighted by Crippen LogP contribution is 2.39. The zero-order chi connectivity index (χ0) is 10.0. The fourth-order valence-corrected chi connectivity index (χ4v) is 4.12. The number of ether oxygens (including phenoxy) is 1. The summed E-state index contributed by atoms with van der Waals surface area (Å²) in [5.41, 5.74) is 0. The molecule has 0 radical (unpaired) electrons. The van der Waals surface area contributed by atoms with Crippen LogP contribution in [-0.2, 0) is 4.74 Å². The number of rotatable bonds is 1. The van der Waals surface area contributed by atoms with E-state index < -0.39 is 0 Å². The Kier molecular flexibility index (Phi) is 3.40. The average molecular weight is 215 g/mol. The molecule has 0 amide bonds. The first-order valence-electron chi connectivity index (χ1n) is 5.77. The van der Waals surface area contributed by atoms with E-state index in [1.54, 1.807) is 0 Å². The summed E-state index contributed by atoms with van der Waals surface area (Å²) in [5, 5.41) is 3.78. The van der Waals surface area contributed by atoms with Crippen LogP contribution >= 0.6 is 11.8 Å². The van der Waals surface area contributed by atoms with Crippen LogP contribution < -0.4 is 5.32 Å². The quantitative estimate of drug-likeness (QED) is 0.725. The lowest BCUT2D eigenvalue weighted by Crippen LogP contribution is -2.55. The smallest absolute Gasteiger partial charge is 0.0694 e. The summed E-state index contributed by atoms with van der Waals surface area (Å²) < 4.78 is 5.74. The van der Waals surface area contributed by atoms with Gasteiger partial charge in [0.25, 0.3) is 0 Å². The molecule has 1 spiro atoms. The highest BCUT2D eigenvalue weighted by atomic mass is 32.2. The molecular formula is C11H21NOS. The molecule has 0 aromatic heterocycles. The molecule has 3 heteroatoms. The minimum atomic E-state index is 0.344. The van der Waals surface area contributed by atoms with Crippen molar-refractivity contribution in [1.82, 2.24) is 5.32 Å². The Hall–Kier alpha value is 0.270. The molecule has 1 N–H and O–H groups in total. The van der Waals surface area contributed by atoms with E-state index in [0.29, 0.717) is 17.0 Å². The van der Waals surface area contributed by atoms with Crippen LogP contribution in [0, 0.1) is 0 Å². The van der Waals surface area contributed by atoms with Gasteiger partial charge in [-0.3, -0.25) is 0 Å². The molecule has 2 nitrogen and oxygen atoms in total. The van der Waals surface area contributed by atoms with Crippen LogP contribution in [0.1, 0.15) is 39.5 Å². The van der Waals surface area contributed by atoms with Crippen molar-refractivity contribution in [2.45, 2.75) is 56.5 Å². The molecule has 2 saturated heterocycles. The highest BCUT2D eigenvalue weighted by molar-refractivity contribution is 8.00. The maximum Gasteiger partial charge on any atom is 0.0694 e. The van der Waals surface area contributed by atoms with E-state index in [2.05, 4.69) is 30.9 Å². The topological polar surface area (TPSA) is 21.3 Å². The van der Waals surface area contributed by atoms with Crippen molar-refractivity contribution in [3.8, 4) is 0 Å². The van der Waals surface area contributed by atoms with Gasteiger partial charge in [0.15, 0.2) is 0 Å². The number of hydrogen-bond donors (Lipinski definition) is 1. The van der Waals surface area contributed by atoms with Crippen molar-refractivity contribution in [3.05, 3.63) is 0 Å². The second-order valence-corrected chi connectivity index (χ2v) is 6.01. The standard InChI is InChI=1S/C11H21NOS/c1-3-10-8-11(5-6-13-10)12-9(2)4-7-14-11/h9-10,12H,3-8H2,1-2H3. The van der Waals surface area contributed by atoms with E-state index in [9.17, 15) is 0 Å². The second-order valence-electron chi connectivity index (χ2n) is 4.53. The van der Waals surface area contributed by atoms with E-state index >= 15 is 0 Å². The summed E-state index contributed by atoms with van der Waals surface area (Å²) in [6.45, 7) is 5.46. The van der Waals surface area contributed by atoms with Crippen LogP contribution in [0.2, 0.25) is 0 Å². The molecule has 0 aromatic rings. The van der Waals surface area contributed by atoms with Crippen molar-refractivity contribution in [1.29, 1.82) is 0 Å². The maximum absolute atomic E-state index is 5.74. The first-order chi connectivity index (χ1) is 6.74. The Balaban J connectivity index is 1.99. The predicted molar refractivity (Wildman–Crippen MR) is 61.7 cm³/mol. The lowest BCUT2D eigenvalue weighted by Gasteiger charge is -2.45. The fraction of sp³-hybridized carbons (Fsp3) is 1.00. The van der Waals surface area contributed by atoms with Gasteiger partial charge < -0.3 is 10.1 Å². The van der Waals surface area contributed by atoms with Crippen LogP contribution in [0.25, 0.3) is 0 Å². The maximum atomic E-state index is 5.74. The van der Waals surface area contributed by atoms with E-state index in [1.807, 2.05) is 0 Å². The van der Waals surface area contributed by atoms with E-state index in [0.717, 1.165) is 13.0 Å². The Bertz CT molecular complexity index is 196. The molecule has 0 bridgehead atoms. The normalized spacial score (nSPS) is 44.1. The molecule has 2 aliphatic heterocycles. The average Bonchev–Trinajstić information content (AvgIpc) is 2.17. The van der Waals surface area contributed by atoms with Crippen LogP contribution in [0.3, 0.4) is 0 Å². The first kappa shape index (κ1) is 10.8. The third kappa shape index (κ3) is 2.26. The van der Waals surface area contributed by atoms with Crippen molar-refractivity contribution in [3.63, 3.8) is 0 Å². The molecule has 0 aromatic carbocycles. The van der Waals surface area contributed by atoms with Gasteiger partial charge in [0.1, 0.15) is 0 Å². The van der Waals surface area contributed by atoms with Crippen molar-refractivity contribution < 1.29 is 4.74 Å². The molecule has 82 valence electrons. The largest absolute Gasteiger partial charge is 0.378 e. The summed E-state index contributed by atoms with van der Waals surface area (Å²) in [7, 11) is 0. The molecule has 2 fully saturated rings. The third-order valence-electron chi connectivity index (χ3n) is 3.31. The van der Waals surface area contributed by atoms with Crippen molar-refractivity contribution in [2.75, 3.05) is 12.4 Å². The van der Waals surface area contributed by atoms with Crippen molar-refractivity contribution >= 4 is 11.8 Å². The fourth-order valence-electron chi connectivity index (χ4n) is 2.44. The zero-order valence-electron chi connectivity index (χ0n) is 9.21. The van der Waals surface area contributed by atoms with Gasteiger partial charge in [-0.05, 0) is 31.9 Å². The van der Waals surface area contributed by atoms with Crippen molar-refractivity contribution in [2.24, 2.45) is 0 Å². The molecule has 14 heavy (non-hydrogen) atoms. The van der Waals surface area contributed by atoms with Gasteiger partial charge >= 0.3 is 0 Å². The second kappa shape index (κ2) is 4.42. The van der Waals surface area contributed by atoms with E-state index in [-0.39, 0.29) is 0 Å². The summed E-state index contributed by atoms with van der Waals surface area (Å²) in [6, 6.07) is 0.687.